The number of benzene rings is 1. The normalized spacial score (nSPS) is 23.1. The van der Waals surface area contributed by atoms with E-state index in [9.17, 15) is 14.0 Å². The number of carbonyl (C=O) groups is 2. The van der Waals surface area contributed by atoms with Gasteiger partial charge in [-0.1, -0.05) is 12.1 Å². The lowest BCUT2D eigenvalue weighted by atomic mass is 10.2. The second-order valence-electron chi connectivity index (χ2n) is 4.14. The molecule has 1 aliphatic heterocycles. The Hall–Kier alpha value is -2.11. The summed E-state index contributed by atoms with van der Waals surface area (Å²) >= 11 is 0. The molecule has 2 N–H and O–H groups in total. The van der Waals surface area contributed by atoms with Crippen molar-refractivity contribution < 1.29 is 24.2 Å². The zero-order valence-electron chi connectivity index (χ0n) is 9.41. The number of hydrogen-bond donors (Lipinski definition) is 2. The maximum Gasteiger partial charge on any atom is 0.326 e. The zero-order chi connectivity index (χ0) is 13.3. The summed E-state index contributed by atoms with van der Waals surface area (Å²) in [6.07, 6.45) is 0.390. The highest BCUT2D eigenvalue weighted by atomic mass is 19.1. The molecule has 0 aromatic heterocycles. The van der Waals surface area contributed by atoms with E-state index in [4.69, 9.17) is 10.2 Å². The van der Waals surface area contributed by atoms with Crippen LogP contribution >= 0.6 is 0 Å². The number of rotatable bonds is 3. The molecule has 0 bridgehead atoms. The van der Waals surface area contributed by atoms with Crippen molar-refractivity contribution in [3.8, 4) is 0 Å². The lowest BCUT2D eigenvalue weighted by Gasteiger charge is -2.28. The van der Waals surface area contributed by atoms with Gasteiger partial charge in [-0.2, -0.15) is 0 Å². The second kappa shape index (κ2) is 4.64. The molecule has 96 valence electrons. The third kappa shape index (κ3) is 2.01. The Kier molecular flexibility index (Phi) is 3.18. The van der Waals surface area contributed by atoms with Crippen LogP contribution in [-0.2, 0) is 9.59 Å². The second-order valence-corrected chi connectivity index (χ2v) is 4.14. The molecule has 2 rings (SSSR count). The molecule has 0 aliphatic carbocycles. The maximum atomic E-state index is 13.7. The molecular formula is C12H12FNO4. The Morgan fingerprint density at radius 2 is 1.61 bits per heavy atom. The lowest BCUT2D eigenvalue weighted by Crippen LogP contribution is -2.44. The lowest BCUT2D eigenvalue weighted by molar-refractivity contribution is -0.139. The number of carboxylic acids is 2. The van der Waals surface area contributed by atoms with Gasteiger partial charge in [0.25, 0.3) is 0 Å². The molecule has 18 heavy (non-hydrogen) atoms. The number of aliphatic carboxylic acids is 2. The number of para-hydroxylation sites is 1. The molecule has 1 aliphatic rings. The molecule has 1 aromatic carbocycles. The van der Waals surface area contributed by atoms with Crippen molar-refractivity contribution in [1.29, 1.82) is 0 Å². The first-order chi connectivity index (χ1) is 8.52. The molecule has 0 spiro atoms. The summed E-state index contributed by atoms with van der Waals surface area (Å²) in [6.45, 7) is 0. The zero-order valence-corrected chi connectivity index (χ0v) is 9.41. The van der Waals surface area contributed by atoms with Crippen LogP contribution in [0.4, 0.5) is 10.1 Å². The van der Waals surface area contributed by atoms with Gasteiger partial charge < -0.3 is 15.1 Å². The first-order valence-corrected chi connectivity index (χ1v) is 5.51. The van der Waals surface area contributed by atoms with Gasteiger partial charge in [0.1, 0.15) is 17.9 Å². The number of halogens is 1. The molecule has 1 aromatic rings. The molecule has 6 heteroatoms. The highest BCUT2D eigenvalue weighted by Gasteiger charge is 2.42. The average Bonchev–Trinajstić information content (AvgIpc) is 2.74. The molecule has 0 radical (unpaired) electrons. The SMILES string of the molecule is O=C(O)C1CCC(C(=O)O)N1c1ccccc1F. The van der Waals surface area contributed by atoms with Gasteiger partial charge in [0.15, 0.2) is 0 Å². The average molecular weight is 253 g/mol. The highest BCUT2D eigenvalue weighted by molar-refractivity contribution is 5.86. The van der Waals surface area contributed by atoms with Crippen molar-refractivity contribution in [3.63, 3.8) is 0 Å². The first-order valence-electron chi connectivity index (χ1n) is 5.51. The summed E-state index contributed by atoms with van der Waals surface area (Å²) in [4.78, 5) is 23.4. The van der Waals surface area contributed by atoms with E-state index in [0.29, 0.717) is 0 Å². The summed E-state index contributed by atoms with van der Waals surface area (Å²) in [7, 11) is 0. The smallest absolute Gasteiger partial charge is 0.326 e. The van der Waals surface area contributed by atoms with E-state index in [2.05, 4.69) is 0 Å². The van der Waals surface area contributed by atoms with Gasteiger partial charge in [0.2, 0.25) is 0 Å². The molecule has 1 heterocycles. The summed E-state index contributed by atoms with van der Waals surface area (Å²) in [5.41, 5.74) is 0.0230. The summed E-state index contributed by atoms with van der Waals surface area (Å²) in [5.74, 6) is -2.89. The molecular weight excluding hydrogens is 241 g/mol. The van der Waals surface area contributed by atoms with Gasteiger partial charge in [0, 0.05) is 0 Å². The number of carboxylic acid groups (broad SMARTS) is 2. The third-order valence-corrected chi connectivity index (χ3v) is 3.09. The van der Waals surface area contributed by atoms with Gasteiger partial charge in [-0.15, -0.1) is 0 Å². The van der Waals surface area contributed by atoms with Crippen molar-refractivity contribution in [3.05, 3.63) is 30.1 Å². The Morgan fingerprint density at radius 1 is 1.11 bits per heavy atom. The van der Waals surface area contributed by atoms with E-state index in [1.807, 2.05) is 0 Å². The summed E-state index contributed by atoms with van der Waals surface area (Å²) < 4.78 is 13.7. The van der Waals surface area contributed by atoms with E-state index in [1.54, 1.807) is 6.07 Å². The fraction of sp³-hybridized carbons (Fsp3) is 0.333. The minimum atomic E-state index is -1.14. The number of anilines is 1. The van der Waals surface area contributed by atoms with E-state index in [0.717, 1.165) is 4.90 Å². The fourth-order valence-electron chi connectivity index (χ4n) is 2.29. The van der Waals surface area contributed by atoms with Crippen LogP contribution in [-0.4, -0.2) is 34.2 Å². The van der Waals surface area contributed by atoms with Crippen molar-refractivity contribution in [2.75, 3.05) is 4.90 Å². The standard InChI is InChI=1S/C12H12FNO4/c13-7-3-1-2-4-8(7)14-9(11(15)16)5-6-10(14)12(17)18/h1-4,9-10H,5-6H2,(H,15,16)(H,17,18). The van der Waals surface area contributed by atoms with Gasteiger partial charge >= 0.3 is 11.9 Å². The van der Waals surface area contributed by atoms with Crippen molar-refractivity contribution >= 4 is 17.6 Å². The van der Waals surface area contributed by atoms with Crippen LogP contribution in [0.25, 0.3) is 0 Å². The van der Waals surface area contributed by atoms with Crippen LogP contribution in [0.15, 0.2) is 24.3 Å². The quantitative estimate of drug-likeness (QED) is 0.849. The number of nitrogens with zero attached hydrogens (tertiary/aromatic N) is 1. The van der Waals surface area contributed by atoms with Crippen LogP contribution < -0.4 is 4.90 Å². The third-order valence-electron chi connectivity index (χ3n) is 3.09. The molecule has 2 unspecified atom stereocenters. The molecule has 0 amide bonds. The molecule has 0 saturated carbocycles. The maximum absolute atomic E-state index is 13.7. The van der Waals surface area contributed by atoms with Crippen molar-refractivity contribution in [2.24, 2.45) is 0 Å². The monoisotopic (exact) mass is 253 g/mol. The predicted octanol–water partition coefficient (Wildman–Crippen LogP) is 1.33. The van der Waals surface area contributed by atoms with E-state index in [1.165, 1.54) is 18.2 Å². The van der Waals surface area contributed by atoms with Crippen LogP contribution in [0.1, 0.15) is 12.8 Å². The van der Waals surface area contributed by atoms with Gasteiger partial charge in [-0.3, -0.25) is 0 Å². The predicted molar refractivity (Wildman–Crippen MR) is 61.0 cm³/mol. The summed E-state index contributed by atoms with van der Waals surface area (Å²) in [5, 5.41) is 18.2. The molecule has 1 saturated heterocycles. The molecule has 2 atom stereocenters. The van der Waals surface area contributed by atoms with E-state index >= 15 is 0 Å². The molecule has 5 nitrogen and oxygen atoms in total. The van der Waals surface area contributed by atoms with Crippen LogP contribution in [0.2, 0.25) is 0 Å². The largest absolute Gasteiger partial charge is 0.480 e. The fourth-order valence-corrected chi connectivity index (χ4v) is 2.29. The number of hydrogen-bond acceptors (Lipinski definition) is 3. The van der Waals surface area contributed by atoms with E-state index < -0.39 is 29.8 Å². The minimum absolute atomic E-state index is 0.0230. The Balaban J connectivity index is 2.44. The first kappa shape index (κ1) is 12.3. The Labute approximate surface area is 102 Å². The Bertz CT molecular complexity index is 469. The Morgan fingerprint density at radius 3 is 2.06 bits per heavy atom. The van der Waals surface area contributed by atoms with Crippen molar-refractivity contribution in [2.45, 2.75) is 24.9 Å². The van der Waals surface area contributed by atoms with E-state index in [-0.39, 0.29) is 18.5 Å². The van der Waals surface area contributed by atoms with Gasteiger partial charge in [-0.05, 0) is 25.0 Å². The van der Waals surface area contributed by atoms with Gasteiger partial charge in [-0.25, -0.2) is 14.0 Å². The topological polar surface area (TPSA) is 77.8 Å². The van der Waals surface area contributed by atoms with Crippen molar-refractivity contribution in [1.82, 2.24) is 0 Å². The van der Waals surface area contributed by atoms with Crippen LogP contribution in [0.3, 0.4) is 0 Å². The van der Waals surface area contributed by atoms with Crippen LogP contribution in [0.5, 0.6) is 0 Å². The van der Waals surface area contributed by atoms with Crippen LogP contribution in [0, 0.1) is 5.82 Å². The highest BCUT2D eigenvalue weighted by Crippen LogP contribution is 2.32. The minimum Gasteiger partial charge on any atom is -0.480 e. The molecule has 1 fully saturated rings. The van der Waals surface area contributed by atoms with Gasteiger partial charge in [0.05, 0.1) is 5.69 Å². The summed E-state index contributed by atoms with van der Waals surface area (Å²) in [6, 6.07) is 3.61.